The number of anilines is 1. The molecule has 3 rings (SSSR count). The molecule has 2 heterocycles. The highest BCUT2D eigenvalue weighted by Crippen LogP contribution is 2.27. The molecule has 0 radical (unpaired) electrons. The zero-order chi connectivity index (χ0) is 18.7. The van der Waals surface area contributed by atoms with Crippen molar-refractivity contribution in [3.05, 3.63) is 47.3 Å². The van der Waals surface area contributed by atoms with Crippen molar-refractivity contribution in [1.29, 1.82) is 0 Å². The smallest absolute Gasteiger partial charge is 0.252 e. The largest absolute Gasteiger partial charge is 0.326 e. The van der Waals surface area contributed by atoms with Crippen molar-refractivity contribution in [2.45, 2.75) is 36.8 Å². The van der Waals surface area contributed by atoms with E-state index in [4.69, 9.17) is 0 Å². The van der Waals surface area contributed by atoms with Gasteiger partial charge in [-0.25, -0.2) is 8.42 Å². The van der Waals surface area contributed by atoms with E-state index in [2.05, 4.69) is 19.2 Å². The van der Waals surface area contributed by atoms with Gasteiger partial charge >= 0.3 is 0 Å². The number of nitrogens with one attached hydrogen (secondary N) is 1. The second-order valence-corrected chi connectivity index (χ2v) is 10.0. The van der Waals surface area contributed by atoms with E-state index in [1.165, 1.54) is 21.2 Å². The Labute approximate surface area is 159 Å². The number of nitrogens with zero attached hydrogens (tertiary/aromatic N) is 1. The molecule has 0 unspecified atom stereocenters. The number of carbonyl (C=O) groups excluding carboxylic acids is 1. The van der Waals surface area contributed by atoms with Gasteiger partial charge in [0, 0.05) is 18.8 Å². The molecule has 1 aromatic carbocycles. The van der Waals surface area contributed by atoms with Crippen LogP contribution in [0.3, 0.4) is 0 Å². The van der Waals surface area contributed by atoms with Crippen LogP contribution in [0, 0.1) is 5.92 Å². The van der Waals surface area contributed by atoms with E-state index >= 15 is 0 Å². The molecule has 7 heteroatoms. The molecule has 26 heavy (non-hydrogen) atoms. The Morgan fingerprint density at radius 3 is 2.58 bits per heavy atom. The summed E-state index contributed by atoms with van der Waals surface area (Å²) in [5.41, 5.74) is 1.96. The van der Waals surface area contributed by atoms with Gasteiger partial charge in [-0.05, 0) is 47.9 Å². The third-order valence-corrected chi connectivity index (χ3v) is 7.93. The molecule has 1 atom stereocenters. The highest BCUT2D eigenvalue weighted by molar-refractivity contribution is 7.91. The van der Waals surface area contributed by atoms with Gasteiger partial charge in [-0.15, -0.1) is 11.3 Å². The molecule has 1 aliphatic rings. The van der Waals surface area contributed by atoms with Gasteiger partial charge in [-0.1, -0.05) is 32.0 Å². The number of sulfonamides is 1. The van der Waals surface area contributed by atoms with Gasteiger partial charge < -0.3 is 5.32 Å². The summed E-state index contributed by atoms with van der Waals surface area (Å²) in [6, 6.07) is 11.2. The predicted molar refractivity (Wildman–Crippen MR) is 105 cm³/mol. The predicted octanol–water partition coefficient (Wildman–Crippen LogP) is 3.91. The first kappa shape index (κ1) is 19.1. The number of hydrogen-bond acceptors (Lipinski definition) is 4. The van der Waals surface area contributed by atoms with Crippen molar-refractivity contribution in [1.82, 2.24) is 4.31 Å². The van der Waals surface area contributed by atoms with Gasteiger partial charge in [-0.2, -0.15) is 4.31 Å². The van der Waals surface area contributed by atoms with Crippen LogP contribution in [-0.2, 0) is 14.8 Å². The van der Waals surface area contributed by atoms with E-state index in [1.54, 1.807) is 17.5 Å². The van der Waals surface area contributed by atoms with Crippen LogP contribution in [0.4, 0.5) is 5.69 Å². The lowest BCUT2D eigenvalue weighted by Crippen LogP contribution is -2.43. The Morgan fingerprint density at radius 1 is 1.23 bits per heavy atom. The molecule has 0 saturated carbocycles. The second kappa shape index (κ2) is 7.90. The van der Waals surface area contributed by atoms with Crippen molar-refractivity contribution < 1.29 is 13.2 Å². The molecule has 0 aliphatic carbocycles. The minimum atomic E-state index is -3.50. The highest BCUT2D eigenvalue weighted by Gasteiger charge is 2.33. The number of rotatable bonds is 5. The second-order valence-electron chi connectivity index (χ2n) is 6.90. The van der Waals surface area contributed by atoms with E-state index < -0.39 is 10.0 Å². The van der Waals surface area contributed by atoms with Crippen LogP contribution in [0.25, 0.3) is 0 Å². The van der Waals surface area contributed by atoms with Crippen LogP contribution in [0.5, 0.6) is 0 Å². The molecule has 5 nitrogen and oxygen atoms in total. The molecule has 1 N–H and O–H groups in total. The van der Waals surface area contributed by atoms with E-state index in [0.29, 0.717) is 29.5 Å². The van der Waals surface area contributed by atoms with Crippen molar-refractivity contribution in [2.75, 3.05) is 18.4 Å². The topological polar surface area (TPSA) is 66.5 Å². The number of thiophene rings is 1. The maximum atomic E-state index is 12.7. The first-order valence-electron chi connectivity index (χ1n) is 8.82. The Bertz CT molecular complexity index is 843. The summed E-state index contributed by atoms with van der Waals surface area (Å²) in [4.78, 5) is 12.6. The summed E-state index contributed by atoms with van der Waals surface area (Å²) in [7, 11) is -3.50. The van der Waals surface area contributed by atoms with Crippen molar-refractivity contribution in [3.63, 3.8) is 0 Å². The lowest BCUT2D eigenvalue weighted by molar-refractivity contribution is -0.120. The number of amides is 1. The van der Waals surface area contributed by atoms with Gasteiger partial charge in [0.15, 0.2) is 0 Å². The fraction of sp³-hybridized carbons (Fsp3) is 0.421. The molecular weight excluding hydrogens is 368 g/mol. The molecule has 1 fully saturated rings. The summed E-state index contributed by atoms with van der Waals surface area (Å²) >= 11 is 1.21. The molecule has 0 spiro atoms. The molecule has 1 aromatic heterocycles. The van der Waals surface area contributed by atoms with Crippen molar-refractivity contribution in [3.8, 4) is 0 Å². The summed E-state index contributed by atoms with van der Waals surface area (Å²) in [5.74, 6) is -0.00856. The number of hydrogen-bond donors (Lipinski definition) is 1. The van der Waals surface area contributed by atoms with Crippen molar-refractivity contribution >= 4 is 33.0 Å². The van der Waals surface area contributed by atoms with Crippen LogP contribution in [0.1, 0.15) is 38.2 Å². The zero-order valence-corrected chi connectivity index (χ0v) is 16.6. The van der Waals surface area contributed by atoms with Crippen LogP contribution in [-0.4, -0.2) is 31.7 Å². The summed E-state index contributed by atoms with van der Waals surface area (Å²) < 4.78 is 27.1. The minimum absolute atomic E-state index is 0.117. The number of piperidine rings is 1. The Hall–Kier alpha value is -1.70. The molecule has 0 bridgehead atoms. The van der Waals surface area contributed by atoms with Crippen LogP contribution >= 0.6 is 11.3 Å². The number of benzene rings is 1. The van der Waals surface area contributed by atoms with Crippen molar-refractivity contribution in [2.24, 2.45) is 5.92 Å². The van der Waals surface area contributed by atoms with Crippen LogP contribution in [0.2, 0.25) is 0 Å². The summed E-state index contributed by atoms with van der Waals surface area (Å²) in [6.07, 6.45) is 1.39. The highest BCUT2D eigenvalue weighted by atomic mass is 32.2. The first-order valence-corrected chi connectivity index (χ1v) is 11.1. The van der Waals surface area contributed by atoms with Gasteiger partial charge in [-0.3, -0.25) is 4.79 Å². The molecule has 140 valence electrons. The average Bonchev–Trinajstić information content (AvgIpc) is 3.18. The van der Waals surface area contributed by atoms with Gasteiger partial charge in [0.05, 0.1) is 5.92 Å². The minimum Gasteiger partial charge on any atom is -0.326 e. The fourth-order valence-corrected chi connectivity index (χ4v) is 5.78. The normalized spacial score (nSPS) is 18.8. The third kappa shape index (κ3) is 4.16. The Morgan fingerprint density at radius 2 is 1.96 bits per heavy atom. The lowest BCUT2D eigenvalue weighted by atomic mass is 9.98. The molecular formula is C19H24N2O3S2. The Kier molecular flexibility index (Phi) is 5.79. The van der Waals surface area contributed by atoms with Crippen LogP contribution < -0.4 is 5.32 Å². The standard InChI is InChI=1S/C19H24N2O3S2/c1-14(2)15-7-9-17(10-8-15)20-19(22)16-5-3-11-21(13-16)26(23,24)18-6-4-12-25-18/h4,6-10,12,14,16H,3,5,11,13H2,1-2H3,(H,20,22)/t16-/m0/s1. The van der Waals surface area contributed by atoms with E-state index in [9.17, 15) is 13.2 Å². The monoisotopic (exact) mass is 392 g/mol. The quantitative estimate of drug-likeness (QED) is 0.839. The van der Waals surface area contributed by atoms with E-state index in [-0.39, 0.29) is 18.4 Å². The van der Waals surface area contributed by atoms with Gasteiger partial charge in [0.2, 0.25) is 5.91 Å². The summed E-state index contributed by atoms with van der Waals surface area (Å²) in [5, 5.41) is 4.68. The first-order chi connectivity index (χ1) is 12.4. The average molecular weight is 393 g/mol. The number of carbonyl (C=O) groups is 1. The van der Waals surface area contributed by atoms with E-state index in [0.717, 1.165) is 5.69 Å². The van der Waals surface area contributed by atoms with Gasteiger partial charge in [0.1, 0.15) is 4.21 Å². The van der Waals surface area contributed by atoms with Crippen LogP contribution in [0.15, 0.2) is 46.0 Å². The maximum absolute atomic E-state index is 12.7. The van der Waals surface area contributed by atoms with Gasteiger partial charge in [0.25, 0.3) is 10.0 Å². The molecule has 1 amide bonds. The molecule has 1 aliphatic heterocycles. The SMILES string of the molecule is CC(C)c1ccc(NC(=O)[C@H]2CCCN(S(=O)(=O)c3cccs3)C2)cc1. The fourth-order valence-electron chi connectivity index (χ4n) is 3.11. The van der Waals surface area contributed by atoms with E-state index in [1.807, 2.05) is 24.3 Å². The third-order valence-electron chi connectivity index (χ3n) is 4.69. The lowest BCUT2D eigenvalue weighted by Gasteiger charge is -2.30. The zero-order valence-electron chi connectivity index (χ0n) is 15.0. The summed E-state index contributed by atoms with van der Waals surface area (Å²) in [6.45, 7) is 4.94. The Balaban J connectivity index is 1.66. The molecule has 1 saturated heterocycles. The maximum Gasteiger partial charge on any atom is 0.252 e. The molecule has 2 aromatic rings.